The molecule has 1 fully saturated rings. The molecule has 1 amide bonds. The predicted octanol–water partition coefficient (Wildman–Crippen LogP) is 2.54. The quantitative estimate of drug-likeness (QED) is 0.926. The van der Waals surface area contributed by atoms with Gasteiger partial charge in [-0.15, -0.1) is 0 Å². The van der Waals surface area contributed by atoms with E-state index in [-0.39, 0.29) is 17.6 Å². The fraction of sp³-hybridized carbons (Fsp3) is 0.625. The number of hydrogen-bond acceptors (Lipinski definition) is 4. The first-order chi connectivity index (χ1) is 9.91. The zero-order valence-electron chi connectivity index (χ0n) is 13.3. The zero-order valence-corrected chi connectivity index (χ0v) is 13.3. The lowest BCUT2D eigenvalue weighted by molar-refractivity contribution is -0.118. The van der Waals surface area contributed by atoms with E-state index in [0.29, 0.717) is 18.8 Å². The third kappa shape index (κ3) is 4.17. The van der Waals surface area contributed by atoms with E-state index >= 15 is 0 Å². The number of ether oxygens (including phenoxy) is 1. The van der Waals surface area contributed by atoms with Crippen molar-refractivity contribution in [1.82, 2.24) is 9.88 Å². The Morgan fingerprint density at radius 2 is 2.29 bits per heavy atom. The highest BCUT2D eigenvalue weighted by Gasteiger charge is 2.34. The van der Waals surface area contributed by atoms with E-state index in [1.807, 2.05) is 37.8 Å². The second-order valence-electron chi connectivity index (χ2n) is 6.21. The average Bonchev–Trinajstić information content (AvgIpc) is 2.42. The number of carbonyl (C=O) groups is 1. The van der Waals surface area contributed by atoms with Gasteiger partial charge in [0.15, 0.2) is 0 Å². The average molecular weight is 291 g/mol. The maximum atomic E-state index is 12.6. The molecule has 2 rings (SSSR count). The van der Waals surface area contributed by atoms with Crippen LogP contribution in [0.25, 0.3) is 0 Å². The Bertz CT molecular complexity index is 502. The van der Waals surface area contributed by atoms with Crippen molar-refractivity contribution in [2.45, 2.75) is 45.8 Å². The second kappa shape index (κ2) is 6.43. The van der Waals surface area contributed by atoms with Gasteiger partial charge in [-0.05, 0) is 39.3 Å². The number of aromatic nitrogens is 1. The number of anilines is 1. The summed E-state index contributed by atoms with van der Waals surface area (Å²) in [7, 11) is 0. The minimum atomic E-state index is -0.314. The molecule has 0 bridgehead atoms. The molecule has 1 aliphatic rings. The number of morpholine rings is 1. The SMILES string of the molecule is CCCNc1cccc(C(=O)N2CC(C)OC(C)(C)C2)n1. The minimum Gasteiger partial charge on any atom is -0.370 e. The van der Waals surface area contributed by atoms with Crippen LogP contribution in [0.3, 0.4) is 0 Å². The van der Waals surface area contributed by atoms with E-state index in [2.05, 4.69) is 17.2 Å². The lowest BCUT2D eigenvalue weighted by Crippen LogP contribution is -2.53. The highest BCUT2D eigenvalue weighted by Crippen LogP contribution is 2.22. The topological polar surface area (TPSA) is 54.5 Å². The monoisotopic (exact) mass is 291 g/mol. The van der Waals surface area contributed by atoms with Crippen molar-refractivity contribution in [3.63, 3.8) is 0 Å². The number of amides is 1. The molecule has 0 spiro atoms. The Hall–Kier alpha value is -1.62. The number of nitrogens with zero attached hydrogens (tertiary/aromatic N) is 2. The molecule has 0 saturated carbocycles. The van der Waals surface area contributed by atoms with Gasteiger partial charge in [0, 0.05) is 19.6 Å². The Labute approximate surface area is 126 Å². The molecule has 1 atom stereocenters. The van der Waals surface area contributed by atoms with Crippen LogP contribution in [0.1, 0.15) is 44.6 Å². The third-order valence-electron chi connectivity index (χ3n) is 3.38. The number of nitrogens with one attached hydrogen (secondary N) is 1. The Kier molecular flexibility index (Phi) is 4.83. The largest absolute Gasteiger partial charge is 0.370 e. The Morgan fingerprint density at radius 1 is 1.52 bits per heavy atom. The van der Waals surface area contributed by atoms with Crippen molar-refractivity contribution in [2.24, 2.45) is 0 Å². The lowest BCUT2D eigenvalue weighted by Gasteiger charge is -2.41. The predicted molar refractivity (Wildman–Crippen MR) is 83.5 cm³/mol. The van der Waals surface area contributed by atoms with Crippen molar-refractivity contribution in [1.29, 1.82) is 0 Å². The zero-order chi connectivity index (χ0) is 15.5. The summed E-state index contributed by atoms with van der Waals surface area (Å²) in [5.41, 5.74) is 0.173. The van der Waals surface area contributed by atoms with E-state index in [1.54, 1.807) is 6.07 Å². The standard InChI is InChI=1S/C16H25N3O2/c1-5-9-17-14-8-6-7-13(18-14)15(20)19-10-12(2)21-16(3,4)11-19/h6-8,12H,5,9-11H2,1-4H3,(H,17,18). The van der Waals surface area contributed by atoms with Crippen molar-refractivity contribution >= 4 is 11.7 Å². The molecule has 1 N–H and O–H groups in total. The molecule has 1 aromatic rings. The van der Waals surface area contributed by atoms with Gasteiger partial charge < -0.3 is 15.0 Å². The Balaban J connectivity index is 2.12. The van der Waals surface area contributed by atoms with E-state index in [9.17, 15) is 4.79 Å². The molecule has 1 saturated heterocycles. The number of hydrogen-bond donors (Lipinski definition) is 1. The normalized spacial score (nSPS) is 21.1. The van der Waals surface area contributed by atoms with Crippen LogP contribution in [0.5, 0.6) is 0 Å². The molecule has 0 aliphatic carbocycles. The van der Waals surface area contributed by atoms with E-state index in [1.165, 1.54) is 0 Å². The molecule has 5 heteroatoms. The van der Waals surface area contributed by atoms with Crippen LogP contribution in [0.2, 0.25) is 0 Å². The second-order valence-corrected chi connectivity index (χ2v) is 6.21. The van der Waals surface area contributed by atoms with Crippen LogP contribution in [0.4, 0.5) is 5.82 Å². The summed E-state index contributed by atoms with van der Waals surface area (Å²) in [6.45, 7) is 10.2. The Morgan fingerprint density at radius 3 is 2.95 bits per heavy atom. The number of pyridine rings is 1. The summed E-state index contributed by atoms with van der Waals surface area (Å²) in [5, 5.41) is 3.21. The summed E-state index contributed by atoms with van der Waals surface area (Å²) in [6.07, 6.45) is 1.06. The summed E-state index contributed by atoms with van der Waals surface area (Å²) < 4.78 is 5.84. The first-order valence-corrected chi connectivity index (χ1v) is 7.59. The highest BCUT2D eigenvalue weighted by atomic mass is 16.5. The van der Waals surface area contributed by atoms with Gasteiger partial charge in [-0.25, -0.2) is 4.98 Å². The molecule has 1 unspecified atom stereocenters. The lowest BCUT2D eigenvalue weighted by atomic mass is 10.1. The van der Waals surface area contributed by atoms with Crippen LogP contribution >= 0.6 is 0 Å². The van der Waals surface area contributed by atoms with Crippen LogP contribution in [0.15, 0.2) is 18.2 Å². The summed E-state index contributed by atoms with van der Waals surface area (Å²) in [4.78, 5) is 18.9. The molecule has 116 valence electrons. The van der Waals surface area contributed by atoms with Crippen LogP contribution in [-0.4, -0.2) is 47.1 Å². The molecule has 1 aliphatic heterocycles. The van der Waals surface area contributed by atoms with Crippen molar-refractivity contribution in [3.8, 4) is 0 Å². The van der Waals surface area contributed by atoms with Crippen LogP contribution in [-0.2, 0) is 4.74 Å². The van der Waals surface area contributed by atoms with Gasteiger partial charge in [-0.1, -0.05) is 13.0 Å². The molecular weight excluding hydrogens is 266 g/mol. The van der Waals surface area contributed by atoms with Gasteiger partial charge in [0.1, 0.15) is 11.5 Å². The number of rotatable bonds is 4. The van der Waals surface area contributed by atoms with Crippen LogP contribution in [0, 0.1) is 0 Å². The molecule has 0 aromatic carbocycles. The maximum Gasteiger partial charge on any atom is 0.272 e. The number of carbonyl (C=O) groups excluding carboxylic acids is 1. The molecule has 21 heavy (non-hydrogen) atoms. The molecule has 5 nitrogen and oxygen atoms in total. The summed E-state index contributed by atoms with van der Waals surface area (Å²) in [6, 6.07) is 5.53. The van der Waals surface area contributed by atoms with Gasteiger partial charge in [0.2, 0.25) is 0 Å². The highest BCUT2D eigenvalue weighted by molar-refractivity contribution is 5.92. The van der Waals surface area contributed by atoms with E-state index in [4.69, 9.17) is 4.74 Å². The van der Waals surface area contributed by atoms with E-state index < -0.39 is 0 Å². The first kappa shape index (κ1) is 15.8. The van der Waals surface area contributed by atoms with Gasteiger partial charge in [-0.3, -0.25) is 4.79 Å². The molecule has 1 aromatic heterocycles. The fourth-order valence-corrected chi connectivity index (χ4v) is 2.68. The van der Waals surface area contributed by atoms with Gasteiger partial charge in [0.25, 0.3) is 5.91 Å². The van der Waals surface area contributed by atoms with Gasteiger partial charge in [-0.2, -0.15) is 0 Å². The van der Waals surface area contributed by atoms with Crippen molar-refractivity contribution < 1.29 is 9.53 Å². The van der Waals surface area contributed by atoms with E-state index in [0.717, 1.165) is 18.8 Å². The van der Waals surface area contributed by atoms with Gasteiger partial charge >= 0.3 is 0 Å². The van der Waals surface area contributed by atoms with Crippen molar-refractivity contribution in [2.75, 3.05) is 25.0 Å². The van der Waals surface area contributed by atoms with Crippen molar-refractivity contribution in [3.05, 3.63) is 23.9 Å². The summed E-state index contributed by atoms with van der Waals surface area (Å²) >= 11 is 0. The third-order valence-corrected chi connectivity index (χ3v) is 3.38. The maximum absolute atomic E-state index is 12.6. The fourth-order valence-electron chi connectivity index (χ4n) is 2.68. The molecular formula is C16H25N3O2. The molecule has 0 radical (unpaired) electrons. The minimum absolute atomic E-state index is 0.0293. The van der Waals surface area contributed by atoms with Gasteiger partial charge in [0.05, 0.1) is 11.7 Å². The first-order valence-electron chi connectivity index (χ1n) is 7.59. The van der Waals surface area contributed by atoms with Crippen LogP contribution < -0.4 is 5.32 Å². The molecule has 2 heterocycles. The summed E-state index contributed by atoms with van der Waals surface area (Å²) in [5.74, 6) is 0.724. The smallest absolute Gasteiger partial charge is 0.272 e.